The first kappa shape index (κ1) is 14.3. The summed E-state index contributed by atoms with van der Waals surface area (Å²) in [6.07, 6.45) is 3.75. The third kappa shape index (κ3) is 3.71. The van der Waals surface area contributed by atoms with E-state index in [1.807, 2.05) is 24.3 Å². The van der Waals surface area contributed by atoms with Crippen molar-refractivity contribution in [3.05, 3.63) is 53.9 Å². The molecule has 2 aromatic rings. The van der Waals surface area contributed by atoms with E-state index in [0.29, 0.717) is 18.1 Å². The third-order valence-corrected chi connectivity index (χ3v) is 3.07. The molecule has 4 nitrogen and oxygen atoms in total. The summed E-state index contributed by atoms with van der Waals surface area (Å²) in [6, 6.07) is 9.37. The molecule has 1 heterocycles. The molecule has 2 rings (SSSR count). The van der Waals surface area contributed by atoms with Crippen LogP contribution in [0, 0.1) is 0 Å². The first-order valence-corrected chi connectivity index (χ1v) is 6.58. The van der Waals surface area contributed by atoms with Gasteiger partial charge in [0.15, 0.2) is 0 Å². The molecule has 0 bridgehead atoms. The van der Waals surface area contributed by atoms with Crippen LogP contribution in [-0.2, 0) is 6.42 Å². The largest absolute Gasteiger partial charge is 0.497 e. The minimum atomic E-state index is -0.572. The van der Waals surface area contributed by atoms with E-state index in [2.05, 4.69) is 4.98 Å². The Balaban J connectivity index is 2.04. The number of hydrogen-bond acceptors (Lipinski definition) is 4. The average Bonchev–Trinajstić information content (AvgIpc) is 2.48. The molecule has 0 unspecified atom stereocenters. The Labute approximate surface area is 119 Å². The van der Waals surface area contributed by atoms with Gasteiger partial charge in [-0.05, 0) is 36.8 Å². The fraction of sp³-hybridized carbons (Fsp3) is 0.312. The highest BCUT2D eigenvalue weighted by Gasteiger charge is 2.10. The van der Waals surface area contributed by atoms with Crippen molar-refractivity contribution in [2.75, 3.05) is 13.7 Å². The van der Waals surface area contributed by atoms with E-state index in [1.165, 1.54) is 5.56 Å². The molecule has 1 atom stereocenters. The topological polar surface area (TPSA) is 51.6 Å². The van der Waals surface area contributed by atoms with Crippen LogP contribution >= 0.6 is 0 Å². The van der Waals surface area contributed by atoms with Gasteiger partial charge in [0.1, 0.15) is 11.5 Å². The summed E-state index contributed by atoms with van der Waals surface area (Å²) in [4.78, 5) is 3.98. The molecule has 1 N–H and O–H groups in total. The fourth-order valence-electron chi connectivity index (χ4n) is 1.94. The van der Waals surface area contributed by atoms with E-state index in [-0.39, 0.29) is 0 Å². The maximum Gasteiger partial charge on any atom is 0.128 e. The minimum absolute atomic E-state index is 0.539. The van der Waals surface area contributed by atoms with Crippen LogP contribution in [0.2, 0.25) is 0 Å². The van der Waals surface area contributed by atoms with E-state index >= 15 is 0 Å². The van der Waals surface area contributed by atoms with Crippen LogP contribution < -0.4 is 9.47 Å². The number of rotatable bonds is 6. The number of hydrogen-bond donors (Lipinski definition) is 1. The summed E-state index contributed by atoms with van der Waals surface area (Å²) in [7, 11) is 1.61. The summed E-state index contributed by atoms with van der Waals surface area (Å²) in [5.41, 5.74) is 1.93. The second kappa shape index (κ2) is 6.91. The SMILES string of the molecule is COc1ccc([C@@H](C)O)c(OCCc2ccncc2)c1. The average molecular weight is 273 g/mol. The second-order valence-electron chi connectivity index (χ2n) is 4.53. The Kier molecular flexibility index (Phi) is 4.96. The van der Waals surface area contributed by atoms with Crippen molar-refractivity contribution in [3.63, 3.8) is 0 Å². The summed E-state index contributed by atoms with van der Waals surface area (Å²) >= 11 is 0. The van der Waals surface area contributed by atoms with Crippen molar-refractivity contribution in [3.8, 4) is 11.5 Å². The van der Waals surface area contributed by atoms with E-state index in [1.54, 1.807) is 32.5 Å². The van der Waals surface area contributed by atoms with Crippen molar-refractivity contribution in [2.45, 2.75) is 19.4 Å². The van der Waals surface area contributed by atoms with Crippen molar-refractivity contribution in [1.29, 1.82) is 0 Å². The van der Waals surface area contributed by atoms with Gasteiger partial charge >= 0.3 is 0 Å². The molecular formula is C16H19NO3. The summed E-state index contributed by atoms with van der Waals surface area (Å²) in [5, 5.41) is 9.76. The number of methoxy groups -OCH3 is 1. The number of aliphatic hydroxyl groups is 1. The highest BCUT2D eigenvalue weighted by molar-refractivity contribution is 5.41. The number of aliphatic hydroxyl groups excluding tert-OH is 1. The summed E-state index contributed by atoms with van der Waals surface area (Å²) in [6.45, 7) is 2.26. The van der Waals surface area contributed by atoms with Crippen LogP contribution in [0.1, 0.15) is 24.2 Å². The molecule has 0 aliphatic heterocycles. The molecule has 0 saturated carbocycles. The molecule has 4 heteroatoms. The Hall–Kier alpha value is -2.07. The van der Waals surface area contributed by atoms with Gasteiger partial charge in [0, 0.05) is 30.4 Å². The number of benzene rings is 1. The van der Waals surface area contributed by atoms with E-state index in [4.69, 9.17) is 9.47 Å². The molecule has 0 aliphatic carbocycles. The summed E-state index contributed by atoms with van der Waals surface area (Å²) < 4.78 is 11.0. The van der Waals surface area contributed by atoms with Gasteiger partial charge in [-0.25, -0.2) is 0 Å². The van der Waals surface area contributed by atoms with Crippen molar-refractivity contribution >= 4 is 0 Å². The van der Waals surface area contributed by atoms with Gasteiger partial charge in [0.05, 0.1) is 19.8 Å². The molecule has 0 fully saturated rings. The quantitative estimate of drug-likeness (QED) is 0.879. The lowest BCUT2D eigenvalue weighted by Gasteiger charge is -2.14. The van der Waals surface area contributed by atoms with Crippen LogP contribution in [0.15, 0.2) is 42.7 Å². The normalized spacial score (nSPS) is 11.9. The predicted molar refractivity (Wildman–Crippen MR) is 77.1 cm³/mol. The maximum atomic E-state index is 9.76. The first-order valence-electron chi connectivity index (χ1n) is 6.58. The predicted octanol–water partition coefficient (Wildman–Crippen LogP) is 2.77. The Morgan fingerprint density at radius 1 is 1.20 bits per heavy atom. The molecule has 0 spiro atoms. The number of aromatic nitrogens is 1. The molecule has 1 aromatic carbocycles. The molecule has 0 radical (unpaired) electrons. The van der Waals surface area contributed by atoms with Gasteiger partial charge in [-0.2, -0.15) is 0 Å². The Bertz CT molecular complexity index is 541. The van der Waals surface area contributed by atoms with Crippen LogP contribution in [0.5, 0.6) is 11.5 Å². The van der Waals surface area contributed by atoms with Crippen LogP contribution in [0.25, 0.3) is 0 Å². The zero-order valence-electron chi connectivity index (χ0n) is 11.7. The van der Waals surface area contributed by atoms with Gasteiger partial charge in [-0.15, -0.1) is 0 Å². The van der Waals surface area contributed by atoms with Gasteiger partial charge in [-0.1, -0.05) is 0 Å². The lowest BCUT2D eigenvalue weighted by molar-refractivity contribution is 0.191. The minimum Gasteiger partial charge on any atom is -0.497 e. The highest BCUT2D eigenvalue weighted by atomic mass is 16.5. The van der Waals surface area contributed by atoms with E-state index in [0.717, 1.165) is 12.0 Å². The number of ether oxygens (including phenoxy) is 2. The smallest absolute Gasteiger partial charge is 0.128 e. The van der Waals surface area contributed by atoms with Crippen molar-refractivity contribution < 1.29 is 14.6 Å². The molecular weight excluding hydrogens is 254 g/mol. The monoisotopic (exact) mass is 273 g/mol. The Morgan fingerprint density at radius 2 is 1.95 bits per heavy atom. The fourth-order valence-corrected chi connectivity index (χ4v) is 1.94. The summed E-state index contributed by atoms with van der Waals surface area (Å²) in [5.74, 6) is 1.38. The Morgan fingerprint density at radius 3 is 2.60 bits per heavy atom. The third-order valence-electron chi connectivity index (χ3n) is 3.07. The van der Waals surface area contributed by atoms with Crippen molar-refractivity contribution in [2.24, 2.45) is 0 Å². The second-order valence-corrected chi connectivity index (χ2v) is 4.53. The zero-order chi connectivity index (χ0) is 14.4. The highest BCUT2D eigenvalue weighted by Crippen LogP contribution is 2.29. The maximum absolute atomic E-state index is 9.76. The van der Waals surface area contributed by atoms with Gasteiger partial charge in [0.25, 0.3) is 0 Å². The van der Waals surface area contributed by atoms with Crippen LogP contribution in [0.3, 0.4) is 0 Å². The number of pyridine rings is 1. The van der Waals surface area contributed by atoms with Gasteiger partial charge < -0.3 is 14.6 Å². The van der Waals surface area contributed by atoms with Gasteiger partial charge in [-0.3, -0.25) is 4.98 Å². The van der Waals surface area contributed by atoms with Crippen LogP contribution in [-0.4, -0.2) is 23.8 Å². The van der Waals surface area contributed by atoms with E-state index < -0.39 is 6.10 Å². The first-order chi connectivity index (χ1) is 9.70. The molecule has 0 aliphatic rings. The van der Waals surface area contributed by atoms with Gasteiger partial charge in [0.2, 0.25) is 0 Å². The van der Waals surface area contributed by atoms with E-state index in [9.17, 15) is 5.11 Å². The zero-order valence-corrected chi connectivity index (χ0v) is 11.7. The molecule has 1 aromatic heterocycles. The lowest BCUT2D eigenvalue weighted by atomic mass is 10.1. The standard InChI is InChI=1S/C16H19NO3/c1-12(18)15-4-3-14(19-2)11-16(15)20-10-7-13-5-8-17-9-6-13/h3-6,8-9,11-12,18H,7,10H2,1-2H3/t12-/m1/s1. The molecule has 106 valence electrons. The number of nitrogens with zero attached hydrogens (tertiary/aromatic N) is 1. The lowest BCUT2D eigenvalue weighted by Crippen LogP contribution is -2.05. The molecule has 0 amide bonds. The molecule has 20 heavy (non-hydrogen) atoms. The molecule has 0 saturated heterocycles. The van der Waals surface area contributed by atoms with Crippen LogP contribution in [0.4, 0.5) is 0 Å². The van der Waals surface area contributed by atoms with Crippen molar-refractivity contribution in [1.82, 2.24) is 4.98 Å².